The number of amides is 1. The Balaban J connectivity index is 2.60. The van der Waals surface area contributed by atoms with Gasteiger partial charge >= 0.3 is 5.97 Å². The summed E-state index contributed by atoms with van der Waals surface area (Å²) < 4.78 is 0. The lowest BCUT2D eigenvalue weighted by atomic mass is 9.92. The summed E-state index contributed by atoms with van der Waals surface area (Å²) in [6, 6.07) is -0.104. The molecule has 2 unspecified atom stereocenters. The van der Waals surface area contributed by atoms with E-state index in [0.717, 1.165) is 32.1 Å². The molecule has 0 heterocycles. The molecule has 2 atom stereocenters. The molecule has 5 nitrogen and oxygen atoms in total. The Bertz CT molecular complexity index is 315. The third kappa shape index (κ3) is 4.64. The zero-order chi connectivity index (χ0) is 13.8. The van der Waals surface area contributed by atoms with Crippen LogP contribution in [0.1, 0.15) is 52.4 Å². The molecule has 1 saturated carbocycles. The highest BCUT2D eigenvalue weighted by molar-refractivity contribution is 5.81. The fourth-order valence-electron chi connectivity index (χ4n) is 2.51. The van der Waals surface area contributed by atoms with Gasteiger partial charge in [-0.25, -0.2) is 0 Å². The maximum absolute atomic E-state index is 12.2. The number of carboxylic acids is 1. The Hall–Kier alpha value is -1.10. The van der Waals surface area contributed by atoms with Crippen molar-refractivity contribution < 1.29 is 14.7 Å². The number of carbonyl (C=O) groups excluding carboxylic acids is 1. The predicted octanol–water partition coefficient (Wildman–Crippen LogP) is 1.26. The van der Waals surface area contributed by atoms with Crippen molar-refractivity contribution in [1.82, 2.24) is 5.32 Å². The summed E-state index contributed by atoms with van der Waals surface area (Å²) in [4.78, 5) is 22.9. The molecule has 0 spiro atoms. The minimum atomic E-state index is -0.912. The molecular formula is C13H24N2O3. The Morgan fingerprint density at radius 2 is 1.89 bits per heavy atom. The molecule has 0 radical (unpaired) electrons. The van der Waals surface area contributed by atoms with Crippen molar-refractivity contribution in [2.24, 2.45) is 11.7 Å². The number of hydrogen-bond acceptors (Lipinski definition) is 3. The number of nitrogens with two attached hydrogens (primary N) is 1. The summed E-state index contributed by atoms with van der Waals surface area (Å²) in [5.41, 5.74) is 5.30. The first-order valence-electron chi connectivity index (χ1n) is 6.61. The molecule has 5 heteroatoms. The minimum absolute atomic E-state index is 0.0826. The Morgan fingerprint density at radius 3 is 2.50 bits per heavy atom. The second kappa shape index (κ2) is 6.18. The standard InChI is InChI=1S/C13H24N2O3/c1-13(2,8-11(16)17)15-12(18)9-6-4-3-5-7-10(9)14/h9-10H,3-8,14H2,1-2H3,(H,15,18)(H,16,17). The average Bonchev–Trinajstić information content (AvgIpc) is 2.39. The van der Waals surface area contributed by atoms with Gasteiger partial charge in [0, 0.05) is 11.6 Å². The lowest BCUT2D eigenvalue weighted by Crippen LogP contribution is -2.50. The molecule has 0 aromatic heterocycles. The highest BCUT2D eigenvalue weighted by Gasteiger charge is 2.31. The number of nitrogens with one attached hydrogen (secondary N) is 1. The van der Waals surface area contributed by atoms with Gasteiger partial charge in [0.05, 0.1) is 12.3 Å². The van der Waals surface area contributed by atoms with Crippen molar-refractivity contribution in [2.75, 3.05) is 0 Å². The smallest absolute Gasteiger partial charge is 0.305 e. The van der Waals surface area contributed by atoms with E-state index in [4.69, 9.17) is 10.8 Å². The molecule has 1 amide bonds. The Labute approximate surface area is 108 Å². The van der Waals surface area contributed by atoms with Crippen LogP contribution in [0.2, 0.25) is 0 Å². The molecule has 0 aromatic rings. The monoisotopic (exact) mass is 256 g/mol. The van der Waals surface area contributed by atoms with E-state index in [1.54, 1.807) is 13.8 Å². The van der Waals surface area contributed by atoms with E-state index >= 15 is 0 Å². The summed E-state index contributed by atoms with van der Waals surface area (Å²) >= 11 is 0. The molecule has 1 aliphatic rings. The van der Waals surface area contributed by atoms with Crippen LogP contribution >= 0.6 is 0 Å². The van der Waals surface area contributed by atoms with Crippen LogP contribution in [0, 0.1) is 5.92 Å². The van der Waals surface area contributed by atoms with Crippen LogP contribution in [0.25, 0.3) is 0 Å². The SMILES string of the molecule is CC(C)(CC(=O)O)NC(=O)C1CCCCCC1N. The topological polar surface area (TPSA) is 92.4 Å². The first kappa shape index (κ1) is 15.0. The van der Waals surface area contributed by atoms with Crippen LogP contribution < -0.4 is 11.1 Å². The molecule has 1 rings (SSSR count). The average molecular weight is 256 g/mol. The van der Waals surface area contributed by atoms with E-state index in [9.17, 15) is 9.59 Å². The van der Waals surface area contributed by atoms with Gasteiger partial charge in [-0.2, -0.15) is 0 Å². The van der Waals surface area contributed by atoms with Crippen LogP contribution in [0.4, 0.5) is 0 Å². The van der Waals surface area contributed by atoms with E-state index in [1.165, 1.54) is 0 Å². The normalized spacial score (nSPS) is 25.3. The summed E-state index contributed by atoms with van der Waals surface area (Å²) in [7, 11) is 0. The molecule has 0 saturated heterocycles. The zero-order valence-electron chi connectivity index (χ0n) is 11.2. The van der Waals surface area contributed by atoms with Crippen molar-refractivity contribution in [3.63, 3.8) is 0 Å². The van der Waals surface area contributed by atoms with Crippen molar-refractivity contribution >= 4 is 11.9 Å². The van der Waals surface area contributed by atoms with Gasteiger partial charge in [-0.05, 0) is 26.7 Å². The predicted molar refractivity (Wildman–Crippen MR) is 69.0 cm³/mol. The van der Waals surface area contributed by atoms with Gasteiger partial charge in [0.25, 0.3) is 0 Å². The van der Waals surface area contributed by atoms with Gasteiger partial charge in [-0.15, -0.1) is 0 Å². The van der Waals surface area contributed by atoms with Gasteiger partial charge in [0.15, 0.2) is 0 Å². The quantitative estimate of drug-likeness (QED) is 0.660. The number of carbonyl (C=O) groups is 2. The third-order valence-corrected chi connectivity index (χ3v) is 3.46. The van der Waals surface area contributed by atoms with Crippen molar-refractivity contribution in [3.05, 3.63) is 0 Å². The molecule has 1 fully saturated rings. The zero-order valence-corrected chi connectivity index (χ0v) is 11.2. The summed E-state index contributed by atoms with van der Waals surface area (Å²) in [6.45, 7) is 3.45. The molecule has 18 heavy (non-hydrogen) atoms. The van der Waals surface area contributed by atoms with Crippen LogP contribution in [0.5, 0.6) is 0 Å². The van der Waals surface area contributed by atoms with Crippen molar-refractivity contribution in [1.29, 1.82) is 0 Å². The highest BCUT2D eigenvalue weighted by Crippen LogP contribution is 2.23. The highest BCUT2D eigenvalue weighted by atomic mass is 16.4. The minimum Gasteiger partial charge on any atom is -0.481 e. The molecule has 0 aliphatic heterocycles. The van der Waals surface area contributed by atoms with Gasteiger partial charge in [0.1, 0.15) is 0 Å². The summed E-state index contributed by atoms with van der Waals surface area (Å²) in [6.07, 6.45) is 4.80. The fourth-order valence-corrected chi connectivity index (χ4v) is 2.51. The Kier molecular flexibility index (Phi) is 5.14. The molecule has 4 N–H and O–H groups in total. The van der Waals surface area contributed by atoms with E-state index in [0.29, 0.717) is 0 Å². The molecule has 0 bridgehead atoms. The Morgan fingerprint density at radius 1 is 1.28 bits per heavy atom. The number of rotatable bonds is 4. The van der Waals surface area contributed by atoms with Crippen molar-refractivity contribution in [3.8, 4) is 0 Å². The number of hydrogen-bond donors (Lipinski definition) is 3. The maximum Gasteiger partial charge on any atom is 0.305 e. The van der Waals surface area contributed by atoms with Crippen LogP contribution in [0.15, 0.2) is 0 Å². The largest absolute Gasteiger partial charge is 0.481 e. The van der Waals surface area contributed by atoms with E-state index in [-0.39, 0.29) is 24.3 Å². The second-order valence-electron chi connectivity index (χ2n) is 5.85. The van der Waals surface area contributed by atoms with Gasteiger partial charge < -0.3 is 16.2 Å². The maximum atomic E-state index is 12.2. The number of carboxylic acid groups (broad SMARTS) is 1. The first-order valence-corrected chi connectivity index (χ1v) is 6.61. The molecule has 1 aliphatic carbocycles. The second-order valence-corrected chi connectivity index (χ2v) is 5.85. The summed E-state index contributed by atoms with van der Waals surface area (Å²) in [5.74, 6) is -1.19. The third-order valence-electron chi connectivity index (χ3n) is 3.46. The first-order chi connectivity index (χ1) is 8.32. The van der Waals surface area contributed by atoms with Gasteiger partial charge in [0.2, 0.25) is 5.91 Å². The fraction of sp³-hybridized carbons (Fsp3) is 0.846. The van der Waals surface area contributed by atoms with Crippen molar-refractivity contribution in [2.45, 2.75) is 64.0 Å². The van der Waals surface area contributed by atoms with Gasteiger partial charge in [-0.1, -0.05) is 19.3 Å². The van der Waals surface area contributed by atoms with Crippen LogP contribution in [-0.2, 0) is 9.59 Å². The van der Waals surface area contributed by atoms with E-state index in [2.05, 4.69) is 5.32 Å². The van der Waals surface area contributed by atoms with Crippen LogP contribution in [0.3, 0.4) is 0 Å². The lowest BCUT2D eigenvalue weighted by molar-refractivity contribution is -0.139. The number of aliphatic carboxylic acids is 1. The molecular weight excluding hydrogens is 232 g/mol. The van der Waals surface area contributed by atoms with Crippen LogP contribution in [-0.4, -0.2) is 28.6 Å². The summed E-state index contributed by atoms with van der Waals surface area (Å²) in [5, 5.41) is 11.6. The molecule has 0 aromatic carbocycles. The lowest BCUT2D eigenvalue weighted by Gasteiger charge is -2.29. The van der Waals surface area contributed by atoms with E-state index in [1.807, 2.05) is 0 Å². The van der Waals surface area contributed by atoms with Gasteiger partial charge in [-0.3, -0.25) is 9.59 Å². The van der Waals surface area contributed by atoms with E-state index < -0.39 is 11.5 Å². The molecule has 104 valence electrons.